The molecule has 1 fully saturated rings. The van der Waals surface area contributed by atoms with Crippen molar-refractivity contribution >= 4 is 17.5 Å². The van der Waals surface area contributed by atoms with E-state index in [1.54, 1.807) is 31.2 Å². The number of halogens is 1. The highest BCUT2D eigenvalue weighted by Crippen LogP contribution is 2.39. The van der Waals surface area contributed by atoms with E-state index in [0.717, 1.165) is 12.8 Å². The van der Waals surface area contributed by atoms with Crippen LogP contribution < -0.4 is 5.32 Å². The number of benzene rings is 1. The Hall–Kier alpha value is -1.06. The predicted molar refractivity (Wildman–Crippen MR) is 67.1 cm³/mol. The highest BCUT2D eigenvalue weighted by molar-refractivity contribution is 6.33. The molecule has 1 amide bonds. The van der Waals surface area contributed by atoms with Gasteiger partial charge in [0.15, 0.2) is 0 Å². The van der Waals surface area contributed by atoms with E-state index in [-0.39, 0.29) is 12.5 Å². The van der Waals surface area contributed by atoms with Crippen LogP contribution in [0, 0.1) is 5.92 Å². The first-order valence-corrected chi connectivity index (χ1v) is 6.13. The number of amides is 1. The maximum Gasteiger partial charge on any atom is 0.252 e. The normalized spacial score (nSPS) is 18.5. The molecule has 0 heterocycles. The van der Waals surface area contributed by atoms with Crippen LogP contribution in [-0.4, -0.2) is 23.2 Å². The second kappa shape index (κ2) is 4.67. The Kier molecular flexibility index (Phi) is 3.40. The number of rotatable bonds is 4. The van der Waals surface area contributed by atoms with Gasteiger partial charge in [0, 0.05) is 6.54 Å². The molecule has 0 spiro atoms. The van der Waals surface area contributed by atoms with Gasteiger partial charge in [-0.2, -0.15) is 0 Å². The van der Waals surface area contributed by atoms with E-state index in [2.05, 4.69) is 5.32 Å². The molecular formula is C13H16ClNO2. The second-order valence-electron chi connectivity index (χ2n) is 4.79. The van der Waals surface area contributed by atoms with Crippen molar-refractivity contribution < 1.29 is 9.90 Å². The molecular weight excluding hydrogens is 238 g/mol. The molecule has 4 heteroatoms. The summed E-state index contributed by atoms with van der Waals surface area (Å²) in [6.45, 7) is 2.03. The van der Waals surface area contributed by atoms with Gasteiger partial charge < -0.3 is 10.4 Å². The van der Waals surface area contributed by atoms with E-state index in [9.17, 15) is 9.90 Å². The van der Waals surface area contributed by atoms with Gasteiger partial charge in [-0.1, -0.05) is 23.7 Å². The molecule has 0 aromatic heterocycles. The van der Waals surface area contributed by atoms with Crippen LogP contribution in [0.4, 0.5) is 0 Å². The minimum absolute atomic E-state index is 0.239. The molecule has 1 aliphatic carbocycles. The lowest BCUT2D eigenvalue weighted by Gasteiger charge is -2.23. The van der Waals surface area contributed by atoms with Crippen LogP contribution in [-0.2, 0) is 0 Å². The van der Waals surface area contributed by atoms with Gasteiger partial charge in [-0.25, -0.2) is 0 Å². The molecule has 1 aromatic rings. The highest BCUT2D eigenvalue weighted by Gasteiger charge is 2.39. The average molecular weight is 254 g/mol. The summed E-state index contributed by atoms with van der Waals surface area (Å²) >= 11 is 5.92. The van der Waals surface area contributed by atoms with Crippen LogP contribution in [0.2, 0.25) is 5.02 Å². The third-order valence-corrected chi connectivity index (χ3v) is 3.51. The molecule has 2 rings (SSSR count). The summed E-state index contributed by atoms with van der Waals surface area (Å²) in [7, 11) is 0. The summed E-state index contributed by atoms with van der Waals surface area (Å²) in [6, 6.07) is 6.89. The zero-order valence-electron chi connectivity index (χ0n) is 9.74. The molecule has 0 radical (unpaired) electrons. The average Bonchev–Trinajstić information content (AvgIpc) is 3.11. The fourth-order valence-electron chi connectivity index (χ4n) is 1.85. The minimum atomic E-state index is -0.809. The van der Waals surface area contributed by atoms with E-state index < -0.39 is 5.60 Å². The summed E-state index contributed by atoms with van der Waals surface area (Å²) in [5.41, 5.74) is -0.363. The SMILES string of the molecule is C[C@](O)(CNC(=O)c1ccccc1Cl)C1CC1. The highest BCUT2D eigenvalue weighted by atomic mass is 35.5. The van der Waals surface area contributed by atoms with Gasteiger partial charge in [0.1, 0.15) is 0 Å². The molecule has 17 heavy (non-hydrogen) atoms. The fourth-order valence-corrected chi connectivity index (χ4v) is 2.07. The quantitative estimate of drug-likeness (QED) is 0.865. The van der Waals surface area contributed by atoms with Crippen LogP contribution in [0.5, 0.6) is 0 Å². The first-order valence-electron chi connectivity index (χ1n) is 5.76. The van der Waals surface area contributed by atoms with Crippen molar-refractivity contribution in [2.24, 2.45) is 5.92 Å². The molecule has 2 N–H and O–H groups in total. The summed E-state index contributed by atoms with van der Waals surface area (Å²) in [4.78, 5) is 11.8. The van der Waals surface area contributed by atoms with Crippen LogP contribution >= 0.6 is 11.6 Å². The minimum Gasteiger partial charge on any atom is -0.388 e. The van der Waals surface area contributed by atoms with Crippen molar-refractivity contribution in [1.29, 1.82) is 0 Å². The molecule has 0 unspecified atom stereocenters. The number of aliphatic hydroxyl groups is 1. The lowest BCUT2D eigenvalue weighted by molar-refractivity contribution is 0.0354. The number of nitrogens with one attached hydrogen (secondary N) is 1. The van der Waals surface area contributed by atoms with Crippen molar-refractivity contribution in [2.75, 3.05) is 6.54 Å². The molecule has 1 aliphatic rings. The van der Waals surface area contributed by atoms with Crippen LogP contribution in [0.3, 0.4) is 0 Å². The maximum atomic E-state index is 11.8. The van der Waals surface area contributed by atoms with Gasteiger partial charge in [0.2, 0.25) is 0 Å². The molecule has 3 nitrogen and oxygen atoms in total. The maximum absolute atomic E-state index is 11.8. The topological polar surface area (TPSA) is 49.3 Å². The van der Waals surface area contributed by atoms with Gasteiger partial charge in [-0.3, -0.25) is 4.79 Å². The van der Waals surface area contributed by atoms with Crippen LogP contribution in [0.1, 0.15) is 30.1 Å². The number of carbonyl (C=O) groups is 1. The molecule has 0 saturated heterocycles. The Labute approximate surface area is 106 Å². The van der Waals surface area contributed by atoms with Gasteiger partial charge in [0.25, 0.3) is 5.91 Å². The van der Waals surface area contributed by atoms with Gasteiger partial charge in [-0.15, -0.1) is 0 Å². The summed E-state index contributed by atoms with van der Waals surface area (Å²) in [6.07, 6.45) is 2.07. The smallest absolute Gasteiger partial charge is 0.252 e. The lowest BCUT2D eigenvalue weighted by atomic mass is 10.0. The van der Waals surface area contributed by atoms with Crippen molar-refractivity contribution in [3.05, 3.63) is 34.9 Å². The number of carbonyl (C=O) groups excluding carboxylic acids is 1. The van der Waals surface area contributed by atoms with Crippen molar-refractivity contribution in [3.63, 3.8) is 0 Å². The van der Waals surface area contributed by atoms with Crippen molar-refractivity contribution in [1.82, 2.24) is 5.32 Å². The molecule has 0 bridgehead atoms. The van der Waals surface area contributed by atoms with E-state index in [1.165, 1.54) is 0 Å². The molecule has 1 atom stereocenters. The molecule has 92 valence electrons. The third-order valence-electron chi connectivity index (χ3n) is 3.18. The number of hydrogen-bond acceptors (Lipinski definition) is 2. The summed E-state index contributed by atoms with van der Waals surface area (Å²) < 4.78 is 0. The first kappa shape index (κ1) is 12.4. The monoisotopic (exact) mass is 253 g/mol. The van der Waals surface area contributed by atoms with Crippen molar-refractivity contribution in [2.45, 2.75) is 25.4 Å². The Morgan fingerprint density at radius 2 is 2.18 bits per heavy atom. The lowest BCUT2D eigenvalue weighted by Crippen LogP contribution is -2.42. The Morgan fingerprint density at radius 3 is 2.76 bits per heavy atom. The summed E-state index contributed by atoms with van der Waals surface area (Å²) in [5.74, 6) is 0.0746. The predicted octanol–water partition coefficient (Wildman–Crippen LogP) is 2.23. The zero-order valence-corrected chi connectivity index (χ0v) is 10.5. The molecule has 1 aromatic carbocycles. The van der Waals surface area contributed by atoms with E-state index in [0.29, 0.717) is 16.5 Å². The van der Waals surface area contributed by atoms with Crippen LogP contribution in [0.15, 0.2) is 24.3 Å². The first-order chi connectivity index (χ1) is 8.00. The third kappa shape index (κ3) is 2.99. The molecule has 1 saturated carbocycles. The van der Waals surface area contributed by atoms with Crippen LogP contribution in [0.25, 0.3) is 0 Å². The second-order valence-corrected chi connectivity index (χ2v) is 5.20. The fraction of sp³-hybridized carbons (Fsp3) is 0.462. The zero-order chi connectivity index (χ0) is 12.5. The molecule has 0 aliphatic heterocycles. The largest absolute Gasteiger partial charge is 0.388 e. The van der Waals surface area contributed by atoms with Gasteiger partial charge >= 0.3 is 0 Å². The number of hydrogen-bond donors (Lipinski definition) is 2. The van der Waals surface area contributed by atoms with Gasteiger partial charge in [0.05, 0.1) is 16.2 Å². The summed E-state index contributed by atoms with van der Waals surface area (Å²) in [5, 5.41) is 13.2. The van der Waals surface area contributed by atoms with E-state index in [1.807, 2.05) is 0 Å². The Morgan fingerprint density at radius 1 is 1.53 bits per heavy atom. The Balaban J connectivity index is 1.96. The van der Waals surface area contributed by atoms with Gasteiger partial charge in [-0.05, 0) is 37.8 Å². The standard InChI is InChI=1S/C13H16ClNO2/c1-13(17,9-6-7-9)8-15-12(16)10-4-2-3-5-11(10)14/h2-5,9,17H,6-8H2,1H3,(H,15,16)/t13-/m0/s1. The van der Waals surface area contributed by atoms with Crippen molar-refractivity contribution in [3.8, 4) is 0 Å². The Bertz CT molecular complexity index is 427. The van der Waals surface area contributed by atoms with E-state index >= 15 is 0 Å². The van der Waals surface area contributed by atoms with E-state index in [4.69, 9.17) is 11.6 Å².